The predicted octanol–water partition coefficient (Wildman–Crippen LogP) is 3.87. The standard InChI is InChI=1S/C13H13BrN2OS/c14-11-9-15-13(18-11)16-12(17)8-4-7-10-5-2-1-3-6-10/h1-3,5-6,9H,4,7-8H2,(H,15,16,17). The van der Waals surface area contributed by atoms with Crippen molar-refractivity contribution < 1.29 is 4.79 Å². The fourth-order valence-corrected chi connectivity index (χ4v) is 2.71. The van der Waals surface area contributed by atoms with E-state index < -0.39 is 0 Å². The van der Waals surface area contributed by atoms with Crippen LogP contribution in [0.5, 0.6) is 0 Å². The summed E-state index contributed by atoms with van der Waals surface area (Å²) in [5.74, 6) is 0.0211. The summed E-state index contributed by atoms with van der Waals surface area (Å²) in [5, 5.41) is 3.43. The molecule has 0 saturated carbocycles. The van der Waals surface area contributed by atoms with Crippen molar-refractivity contribution in [3.8, 4) is 0 Å². The number of nitrogens with one attached hydrogen (secondary N) is 1. The Morgan fingerprint density at radius 2 is 2.11 bits per heavy atom. The van der Waals surface area contributed by atoms with Gasteiger partial charge in [0.25, 0.3) is 0 Å². The summed E-state index contributed by atoms with van der Waals surface area (Å²) in [6.07, 6.45) is 3.98. The summed E-state index contributed by atoms with van der Waals surface area (Å²) < 4.78 is 0.919. The maximum atomic E-state index is 11.7. The van der Waals surface area contributed by atoms with Gasteiger partial charge in [-0.15, -0.1) is 0 Å². The maximum Gasteiger partial charge on any atom is 0.226 e. The monoisotopic (exact) mass is 324 g/mol. The molecule has 1 aromatic heterocycles. The van der Waals surface area contributed by atoms with Gasteiger partial charge in [0.1, 0.15) is 0 Å². The third kappa shape index (κ3) is 4.23. The van der Waals surface area contributed by atoms with Crippen LogP contribution in [-0.4, -0.2) is 10.9 Å². The second-order valence-electron chi connectivity index (χ2n) is 3.86. The van der Waals surface area contributed by atoms with Crippen LogP contribution in [0.1, 0.15) is 18.4 Å². The normalized spacial score (nSPS) is 10.3. The van der Waals surface area contributed by atoms with Crippen LogP contribution in [0.15, 0.2) is 40.3 Å². The predicted molar refractivity (Wildman–Crippen MR) is 77.8 cm³/mol. The lowest BCUT2D eigenvalue weighted by Crippen LogP contribution is -2.11. The van der Waals surface area contributed by atoms with Crippen LogP contribution >= 0.6 is 27.3 Å². The first-order valence-corrected chi connectivity index (χ1v) is 7.30. The van der Waals surface area contributed by atoms with Gasteiger partial charge < -0.3 is 5.32 Å². The summed E-state index contributed by atoms with van der Waals surface area (Å²) >= 11 is 4.73. The average Bonchev–Trinajstić information content (AvgIpc) is 2.76. The zero-order valence-electron chi connectivity index (χ0n) is 9.73. The van der Waals surface area contributed by atoms with Crippen molar-refractivity contribution in [1.82, 2.24) is 4.98 Å². The SMILES string of the molecule is O=C(CCCc1ccccc1)Nc1ncc(Br)s1. The number of thiazole rings is 1. The Labute approximate surface area is 118 Å². The van der Waals surface area contributed by atoms with Crippen molar-refractivity contribution in [3.63, 3.8) is 0 Å². The quantitative estimate of drug-likeness (QED) is 0.907. The van der Waals surface area contributed by atoms with Crippen LogP contribution < -0.4 is 5.32 Å². The minimum absolute atomic E-state index is 0.0211. The number of halogens is 1. The van der Waals surface area contributed by atoms with Crippen molar-refractivity contribution in [1.29, 1.82) is 0 Å². The fourth-order valence-electron chi connectivity index (χ4n) is 1.59. The summed E-state index contributed by atoms with van der Waals surface area (Å²) in [6.45, 7) is 0. The second-order valence-corrected chi connectivity index (χ2v) is 6.27. The smallest absolute Gasteiger partial charge is 0.226 e. The molecule has 0 spiro atoms. The number of aryl methyl sites for hydroxylation is 1. The third-order valence-corrected chi connectivity index (χ3v) is 3.83. The van der Waals surface area contributed by atoms with Crippen molar-refractivity contribution >= 4 is 38.3 Å². The molecule has 0 saturated heterocycles. The molecular weight excluding hydrogens is 312 g/mol. The number of carbonyl (C=O) groups is 1. The van der Waals surface area contributed by atoms with Crippen LogP contribution in [0, 0.1) is 0 Å². The molecule has 0 bridgehead atoms. The fraction of sp³-hybridized carbons (Fsp3) is 0.231. The first-order valence-electron chi connectivity index (χ1n) is 5.69. The Morgan fingerprint density at radius 3 is 2.78 bits per heavy atom. The van der Waals surface area contributed by atoms with Gasteiger partial charge in [-0.25, -0.2) is 4.98 Å². The van der Waals surface area contributed by atoms with Crippen LogP contribution in [0.25, 0.3) is 0 Å². The van der Waals surface area contributed by atoms with Crippen LogP contribution in [0.4, 0.5) is 5.13 Å². The Hall–Kier alpha value is -1.20. The number of hydrogen-bond donors (Lipinski definition) is 1. The summed E-state index contributed by atoms with van der Waals surface area (Å²) in [5.41, 5.74) is 1.27. The van der Waals surface area contributed by atoms with Gasteiger partial charge in [-0.1, -0.05) is 41.7 Å². The van der Waals surface area contributed by atoms with Gasteiger partial charge in [-0.2, -0.15) is 0 Å². The third-order valence-electron chi connectivity index (χ3n) is 2.44. The van der Waals surface area contributed by atoms with Gasteiger partial charge in [0.2, 0.25) is 5.91 Å². The zero-order valence-corrected chi connectivity index (χ0v) is 12.1. The zero-order chi connectivity index (χ0) is 12.8. The molecule has 0 unspecified atom stereocenters. The van der Waals surface area contributed by atoms with Crippen LogP contribution in [0.2, 0.25) is 0 Å². The van der Waals surface area contributed by atoms with Gasteiger partial charge >= 0.3 is 0 Å². The molecule has 3 nitrogen and oxygen atoms in total. The Balaban J connectivity index is 1.72. The minimum Gasteiger partial charge on any atom is -0.302 e. The van der Waals surface area contributed by atoms with Gasteiger partial charge in [-0.05, 0) is 34.3 Å². The van der Waals surface area contributed by atoms with E-state index in [0.717, 1.165) is 16.6 Å². The number of hydrogen-bond acceptors (Lipinski definition) is 3. The van der Waals surface area contributed by atoms with E-state index in [0.29, 0.717) is 11.6 Å². The molecule has 1 heterocycles. The highest BCUT2D eigenvalue weighted by atomic mass is 79.9. The second kappa shape index (κ2) is 6.66. The molecule has 94 valence electrons. The Morgan fingerprint density at radius 1 is 1.33 bits per heavy atom. The summed E-state index contributed by atoms with van der Waals surface area (Å²) in [6, 6.07) is 10.2. The van der Waals surface area contributed by atoms with Crippen molar-refractivity contribution in [2.75, 3.05) is 5.32 Å². The minimum atomic E-state index is 0.0211. The van der Waals surface area contributed by atoms with E-state index in [1.165, 1.54) is 16.9 Å². The highest BCUT2D eigenvalue weighted by Gasteiger charge is 2.05. The molecule has 0 aliphatic rings. The van der Waals surface area contributed by atoms with E-state index in [2.05, 4.69) is 38.4 Å². The Bertz CT molecular complexity index is 513. The van der Waals surface area contributed by atoms with E-state index in [-0.39, 0.29) is 5.91 Å². The van der Waals surface area contributed by atoms with Gasteiger partial charge in [0.05, 0.1) is 9.98 Å². The summed E-state index contributed by atoms with van der Waals surface area (Å²) in [7, 11) is 0. The number of amides is 1. The van der Waals surface area contributed by atoms with Gasteiger partial charge in [-0.3, -0.25) is 4.79 Å². The average molecular weight is 325 g/mol. The number of anilines is 1. The van der Waals surface area contributed by atoms with E-state index in [1.54, 1.807) is 6.20 Å². The Kier molecular flexibility index (Phi) is 4.90. The lowest BCUT2D eigenvalue weighted by atomic mass is 10.1. The number of carbonyl (C=O) groups excluding carboxylic acids is 1. The molecule has 0 atom stereocenters. The molecule has 1 N–H and O–H groups in total. The van der Waals surface area contributed by atoms with E-state index in [1.807, 2.05) is 18.2 Å². The van der Waals surface area contributed by atoms with Gasteiger partial charge in [0.15, 0.2) is 5.13 Å². The van der Waals surface area contributed by atoms with E-state index >= 15 is 0 Å². The van der Waals surface area contributed by atoms with E-state index in [9.17, 15) is 4.79 Å². The highest BCUT2D eigenvalue weighted by molar-refractivity contribution is 9.11. The largest absolute Gasteiger partial charge is 0.302 e. The first kappa shape index (κ1) is 13.2. The molecule has 2 aromatic rings. The molecule has 2 rings (SSSR count). The van der Waals surface area contributed by atoms with Crippen LogP contribution in [-0.2, 0) is 11.2 Å². The molecule has 18 heavy (non-hydrogen) atoms. The highest BCUT2D eigenvalue weighted by Crippen LogP contribution is 2.23. The maximum absolute atomic E-state index is 11.7. The molecule has 1 aromatic carbocycles. The molecule has 0 aliphatic heterocycles. The van der Waals surface area contributed by atoms with Crippen LogP contribution in [0.3, 0.4) is 0 Å². The molecule has 0 radical (unpaired) electrons. The molecule has 0 aliphatic carbocycles. The first-order chi connectivity index (χ1) is 8.74. The molecule has 1 amide bonds. The van der Waals surface area contributed by atoms with Gasteiger partial charge in [0, 0.05) is 6.42 Å². The number of aromatic nitrogens is 1. The summed E-state index contributed by atoms with van der Waals surface area (Å²) in [4.78, 5) is 15.7. The topological polar surface area (TPSA) is 42.0 Å². The lowest BCUT2D eigenvalue weighted by molar-refractivity contribution is -0.116. The molecule has 0 fully saturated rings. The molecule has 5 heteroatoms. The van der Waals surface area contributed by atoms with E-state index in [4.69, 9.17) is 0 Å². The molecular formula is C13H13BrN2OS. The van der Waals surface area contributed by atoms with Crippen molar-refractivity contribution in [2.24, 2.45) is 0 Å². The lowest BCUT2D eigenvalue weighted by Gasteiger charge is -2.02. The van der Waals surface area contributed by atoms with Crippen molar-refractivity contribution in [2.45, 2.75) is 19.3 Å². The number of benzene rings is 1. The number of rotatable bonds is 5. The van der Waals surface area contributed by atoms with Crippen molar-refractivity contribution in [3.05, 3.63) is 45.9 Å². The number of nitrogens with zero attached hydrogens (tertiary/aromatic N) is 1.